The Morgan fingerprint density at radius 1 is 1.07 bits per heavy atom. The van der Waals surface area contributed by atoms with Gasteiger partial charge < -0.3 is 19.9 Å². The molecule has 1 aliphatic carbocycles. The third-order valence-electron chi connectivity index (χ3n) is 5.92. The summed E-state index contributed by atoms with van der Waals surface area (Å²) >= 11 is 5.95. The van der Waals surface area contributed by atoms with Crippen LogP contribution in [0, 0.1) is 5.92 Å². The highest BCUT2D eigenvalue weighted by atomic mass is 35.5. The second-order valence-corrected chi connectivity index (χ2v) is 8.44. The van der Waals surface area contributed by atoms with Crippen molar-refractivity contribution in [3.05, 3.63) is 58.6 Å². The zero-order valence-electron chi connectivity index (χ0n) is 17.2. The van der Waals surface area contributed by atoms with E-state index in [4.69, 9.17) is 16.3 Å². The summed E-state index contributed by atoms with van der Waals surface area (Å²) in [4.78, 5) is 29.8. The van der Waals surface area contributed by atoms with Crippen LogP contribution in [-0.4, -0.2) is 62.0 Å². The summed E-state index contributed by atoms with van der Waals surface area (Å²) in [6.07, 6.45) is 0.801. The lowest BCUT2D eigenvalue weighted by Gasteiger charge is -2.32. The lowest BCUT2D eigenvalue weighted by Crippen LogP contribution is -2.47. The minimum Gasteiger partial charge on any atom is -0.495 e. The monoisotopic (exact) mass is 427 g/mol. The zero-order chi connectivity index (χ0) is 21.3. The van der Waals surface area contributed by atoms with Gasteiger partial charge in [-0.3, -0.25) is 9.59 Å². The molecule has 2 aromatic carbocycles. The van der Waals surface area contributed by atoms with E-state index >= 15 is 0 Å². The number of hydrogen-bond acceptors (Lipinski definition) is 4. The second-order valence-electron chi connectivity index (χ2n) is 8.00. The Morgan fingerprint density at radius 2 is 1.77 bits per heavy atom. The van der Waals surface area contributed by atoms with E-state index in [1.54, 1.807) is 25.3 Å². The number of hydrogen-bond donors (Lipinski definition) is 1. The lowest BCUT2D eigenvalue weighted by atomic mass is 10.1. The van der Waals surface area contributed by atoms with Crippen LogP contribution < -0.4 is 10.1 Å². The van der Waals surface area contributed by atoms with Crippen LogP contribution >= 0.6 is 11.6 Å². The van der Waals surface area contributed by atoms with Crippen LogP contribution in [0.4, 0.5) is 5.69 Å². The first-order valence-corrected chi connectivity index (χ1v) is 10.6. The Balaban J connectivity index is 1.45. The Bertz CT molecular complexity index is 939. The minimum atomic E-state index is -0.0899. The molecule has 158 valence electrons. The van der Waals surface area contributed by atoms with Crippen molar-refractivity contribution in [2.45, 2.75) is 12.3 Å². The summed E-state index contributed by atoms with van der Waals surface area (Å²) < 4.78 is 5.40. The molecular weight excluding hydrogens is 402 g/mol. The van der Waals surface area contributed by atoms with Crippen LogP contribution in [0.1, 0.15) is 28.3 Å². The molecule has 2 aromatic rings. The number of rotatable bonds is 5. The van der Waals surface area contributed by atoms with Crippen molar-refractivity contribution in [1.29, 1.82) is 0 Å². The third kappa shape index (κ3) is 4.45. The maximum Gasteiger partial charge on any atom is 0.254 e. The van der Waals surface area contributed by atoms with Gasteiger partial charge in [0.1, 0.15) is 5.75 Å². The SMILES string of the molecule is COc1ccc(C(=O)N2CCN(C)CC2)cc1NC(=O)C1CC1c1ccc(Cl)cc1. The molecule has 4 rings (SSSR count). The molecule has 1 saturated heterocycles. The van der Waals surface area contributed by atoms with Crippen molar-refractivity contribution in [2.24, 2.45) is 5.92 Å². The molecule has 1 aliphatic heterocycles. The van der Waals surface area contributed by atoms with Crippen molar-refractivity contribution in [1.82, 2.24) is 9.80 Å². The number of piperazine rings is 1. The number of nitrogens with zero attached hydrogens (tertiary/aromatic N) is 2. The fourth-order valence-electron chi connectivity index (χ4n) is 3.92. The minimum absolute atomic E-state index is 0.0216. The first-order chi connectivity index (χ1) is 14.5. The summed E-state index contributed by atoms with van der Waals surface area (Å²) in [6.45, 7) is 3.13. The maximum absolute atomic E-state index is 12.9. The Hall–Kier alpha value is -2.57. The smallest absolute Gasteiger partial charge is 0.254 e. The van der Waals surface area contributed by atoms with E-state index in [1.807, 2.05) is 29.2 Å². The maximum atomic E-state index is 12.9. The average Bonchev–Trinajstić information content (AvgIpc) is 3.55. The highest BCUT2D eigenvalue weighted by Gasteiger charge is 2.44. The van der Waals surface area contributed by atoms with Crippen LogP contribution in [0.5, 0.6) is 5.75 Å². The molecule has 1 heterocycles. The van der Waals surface area contributed by atoms with Gasteiger partial charge in [-0.25, -0.2) is 0 Å². The molecule has 2 fully saturated rings. The highest BCUT2D eigenvalue weighted by molar-refractivity contribution is 6.30. The van der Waals surface area contributed by atoms with E-state index in [2.05, 4.69) is 17.3 Å². The quantitative estimate of drug-likeness (QED) is 0.793. The molecule has 2 aliphatic rings. The summed E-state index contributed by atoms with van der Waals surface area (Å²) in [5.74, 6) is 0.572. The number of benzene rings is 2. The summed E-state index contributed by atoms with van der Waals surface area (Å²) in [6, 6.07) is 12.8. The van der Waals surface area contributed by atoms with Gasteiger partial charge in [0.15, 0.2) is 0 Å². The van der Waals surface area contributed by atoms with E-state index < -0.39 is 0 Å². The largest absolute Gasteiger partial charge is 0.495 e. The van der Waals surface area contributed by atoms with E-state index in [0.717, 1.165) is 25.1 Å². The highest BCUT2D eigenvalue weighted by Crippen LogP contribution is 2.48. The fourth-order valence-corrected chi connectivity index (χ4v) is 4.05. The number of likely N-dealkylation sites (N-methyl/N-ethyl adjacent to an activating group) is 1. The van der Waals surface area contributed by atoms with Crippen LogP contribution in [0.25, 0.3) is 0 Å². The molecule has 2 unspecified atom stereocenters. The van der Waals surface area contributed by atoms with Crippen LogP contribution in [0.15, 0.2) is 42.5 Å². The van der Waals surface area contributed by atoms with Gasteiger partial charge >= 0.3 is 0 Å². The molecule has 0 radical (unpaired) electrons. The Morgan fingerprint density at radius 3 is 2.43 bits per heavy atom. The van der Waals surface area contributed by atoms with Gasteiger partial charge in [-0.1, -0.05) is 23.7 Å². The molecule has 1 saturated carbocycles. The molecule has 0 bridgehead atoms. The van der Waals surface area contributed by atoms with Crippen molar-refractivity contribution >= 4 is 29.1 Å². The molecular formula is C23H26ClN3O3. The van der Waals surface area contributed by atoms with E-state index in [0.29, 0.717) is 35.1 Å². The molecule has 2 atom stereocenters. The van der Waals surface area contributed by atoms with Crippen molar-refractivity contribution in [3.8, 4) is 5.75 Å². The van der Waals surface area contributed by atoms with Crippen LogP contribution in [-0.2, 0) is 4.79 Å². The first-order valence-electron chi connectivity index (χ1n) is 10.2. The summed E-state index contributed by atoms with van der Waals surface area (Å²) in [5, 5.41) is 3.66. The van der Waals surface area contributed by atoms with E-state index in [9.17, 15) is 9.59 Å². The number of carbonyl (C=O) groups is 2. The topological polar surface area (TPSA) is 61.9 Å². The number of amides is 2. The number of halogens is 1. The van der Waals surface area contributed by atoms with Gasteiger partial charge in [-0.2, -0.15) is 0 Å². The number of ether oxygens (including phenoxy) is 1. The normalized spacial score (nSPS) is 21.2. The number of anilines is 1. The fraction of sp³-hybridized carbons (Fsp3) is 0.391. The predicted molar refractivity (Wildman–Crippen MR) is 117 cm³/mol. The van der Waals surface area contributed by atoms with Gasteiger partial charge in [0, 0.05) is 42.7 Å². The average molecular weight is 428 g/mol. The predicted octanol–water partition coefficient (Wildman–Crippen LogP) is 3.48. The van der Waals surface area contributed by atoms with Gasteiger partial charge in [-0.05, 0) is 55.3 Å². The van der Waals surface area contributed by atoms with Gasteiger partial charge in [0.2, 0.25) is 5.91 Å². The molecule has 7 heteroatoms. The number of carbonyl (C=O) groups excluding carboxylic acids is 2. The molecule has 6 nitrogen and oxygen atoms in total. The molecule has 1 N–H and O–H groups in total. The van der Waals surface area contributed by atoms with E-state index in [1.165, 1.54) is 0 Å². The number of nitrogens with one attached hydrogen (secondary N) is 1. The number of methoxy groups -OCH3 is 1. The Labute approximate surface area is 181 Å². The molecule has 30 heavy (non-hydrogen) atoms. The molecule has 0 aromatic heterocycles. The lowest BCUT2D eigenvalue weighted by molar-refractivity contribution is -0.117. The zero-order valence-corrected chi connectivity index (χ0v) is 18.0. The van der Waals surface area contributed by atoms with Crippen molar-refractivity contribution in [2.75, 3.05) is 45.7 Å². The Kier molecular flexibility index (Phi) is 5.97. The molecule has 2 amide bonds. The van der Waals surface area contributed by atoms with Crippen molar-refractivity contribution in [3.63, 3.8) is 0 Å². The van der Waals surface area contributed by atoms with Gasteiger partial charge in [-0.15, -0.1) is 0 Å². The first kappa shape index (κ1) is 20.7. The van der Waals surface area contributed by atoms with Crippen molar-refractivity contribution < 1.29 is 14.3 Å². The second kappa shape index (κ2) is 8.66. The van der Waals surface area contributed by atoms with Gasteiger partial charge in [0.25, 0.3) is 5.91 Å². The van der Waals surface area contributed by atoms with E-state index in [-0.39, 0.29) is 23.7 Å². The summed E-state index contributed by atoms with van der Waals surface area (Å²) in [5.41, 5.74) is 2.20. The molecule has 0 spiro atoms. The summed E-state index contributed by atoms with van der Waals surface area (Å²) in [7, 11) is 3.61. The van der Waals surface area contributed by atoms with Crippen LogP contribution in [0.3, 0.4) is 0 Å². The standard InChI is InChI=1S/C23H26ClN3O3/c1-26-9-11-27(12-10-26)23(29)16-5-8-21(30-2)20(13-16)25-22(28)19-14-18(19)15-3-6-17(24)7-4-15/h3-8,13,18-19H,9-12,14H2,1-2H3,(H,25,28). The van der Waals surface area contributed by atoms with Crippen LogP contribution in [0.2, 0.25) is 5.02 Å². The third-order valence-corrected chi connectivity index (χ3v) is 6.17. The van der Waals surface area contributed by atoms with Gasteiger partial charge in [0.05, 0.1) is 12.8 Å².